The monoisotopic (exact) mass is 247 g/mol. The van der Waals surface area contributed by atoms with Crippen LogP contribution in [0.3, 0.4) is 0 Å². The van der Waals surface area contributed by atoms with Crippen LogP contribution in [0.25, 0.3) is 0 Å². The van der Waals surface area contributed by atoms with E-state index >= 15 is 0 Å². The number of non-ortho nitro benzene ring substituents is 1. The summed E-state index contributed by atoms with van der Waals surface area (Å²) in [5.74, 6) is 0. The Kier molecular flexibility index (Phi) is 3.69. The Bertz CT molecular complexity index is 508. The smallest absolute Gasteiger partial charge is 0.269 e. The van der Waals surface area contributed by atoms with Gasteiger partial charge < -0.3 is 9.84 Å². The average molecular weight is 247 g/mol. The maximum Gasteiger partial charge on any atom is 0.269 e. The number of nitrogens with zero attached hydrogens (tertiary/aromatic N) is 2. The van der Waals surface area contributed by atoms with Gasteiger partial charge in [0.1, 0.15) is 6.26 Å². The van der Waals surface area contributed by atoms with Gasteiger partial charge in [0, 0.05) is 30.8 Å². The lowest BCUT2D eigenvalue weighted by atomic mass is 10.1. The third-order valence-electron chi connectivity index (χ3n) is 2.68. The summed E-state index contributed by atoms with van der Waals surface area (Å²) < 4.78 is 4.73. The maximum absolute atomic E-state index is 10.5. The summed E-state index contributed by atoms with van der Waals surface area (Å²) in [7, 11) is 0. The Morgan fingerprint density at radius 2 is 2.11 bits per heavy atom. The van der Waals surface area contributed by atoms with Crippen LogP contribution < -0.4 is 5.32 Å². The van der Waals surface area contributed by atoms with E-state index in [1.807, 2.05) is 6.92 Å². The summed E-state index contributed by atoms with van der Waals surface area (Å²) in [5, 5.41) is 17.6. The lowest BCUT2D eigenvalue weighted by Gasteiger charge is -2.12. The van der Waals surface area contributed by atoms with Gasteiger partial charge in [-0.3, -0.25) is 10.1 Å². The van der Waals surface area contributed by atoms with E-state index in [0.717, 1.165) is 11.3 Å². The molecule has 0 spiro atoms. The van der Waals surface area contributed by atoms with Crippen molar-refractivity contribution in [1.82, 2.24) is 10.5 Å². The first-order valence-electron chi connectivity index (χ1n) is 5.54. The molecule has 94 valence electrons. The molecule has 0 aliphatic heterocycles. The standard InChI is InChI=1S/C12H13N3O3/c1-9(13-8-11-6-7-18-14-11)10-2-4-12(5-3-10)15(16)17/h2-7,9,13H,8H2,1H3. The zero-order chi connectivity index (χ0) is 13.0. The van der Waals surface area contributed by atoms with E-state index in [-0.39, 0.29) is 11.7 Å². The van der Waals surface area contributed by atoms with Gasteiger partial charge in [0.2, 0.25) is 0 Å². The van der Waals surface area contributed by atoms with Crippen LogP contribution in [0, 0.1) is 10.1 Å². The third-order valence-corrected chi connectivity index (χ3v) is 2.68. The van der Waals surface area contributed by atoms with Crippen molar-refractivity contribution in [3.63, 3.8) is 0 Å². The molecular formula is C12H13N3O3. The van der Waals surface area contributed by atoms with E-state index in [1.165, 1.54) is 18.4 Å². The molecule has 0 fully saturated rings. The average Bonchev–Trinajstić information content (AvgIpc) is 2.89. The van der Waals surface area contributed by atoms with Crippen LogP contribution in [0.5, 0.6) is 0 Å². The summed E-state index contributed by atoms with van der Waals surface area (Å²) in [6.07, 6.45) is 1.52. The van der Waals surface area contributed by atoms with Gasteiger partial charge in [-0.2, -0.15) is 0 Å². The lowest BCUT2D eigenvalue weighted by molar-refractivity contribution is -0.384. The van der Waals surface area contributed by atoms with Gasteiger partial charge in [0.15, 0.2) is 0 Å². The first-order valence-corrected chi connectivity index (χ1v) is 5.54. The molecule has 1 aromatic carbocycles. The summed E-state index contributed by atoms with van der Waals surface area (Å²) in [6.45, 7) is 2.58. The van der Waals surface area contributed by atoms with Gasteiger partial charge in [-0.15, -0.1) is 0 Å². The summed E-state index contributed by atoms with van der Waals surface area (Å²) >= 11 is 0. The molecule has 0 aliphatic carbocycles. The fraction of sp³-hybridized carbons (Fsp3) is 0.250. The third kappa shape index (κ3) is 2.92. The van der Waals surface area contributed by atoms with Crippen molar-refractivity contribution in [1.29, 1.82) is 0 Å². The van der Waals surface area contributed by atoms with Crippen LogP contribution in [0.15, 0.2) is 41.1 Å². The van der Waals surface area contributed by atoms with Crippen molar-refractivity contribution in [3.8, 4) is 0 Å². The number of hydrogen-bond donors (Lipinski definition) is 1. The highest BCUT2D eigenvalue weighted by Gasteiger charge is 2.09. The minimum Gasteiger partial charge on any atom is -0.364 e. The predicted molar refractivity (Wildman–Crippen MR) is 64.9 cm³/mol. The van der Waals surface area contributed by atoms with Crippen LogP contribution in [0.4, 0.5) is 5.69 Å². The fourth-order valence-electron chi connectivity index (χ4n) is 1.59. The summed E-state index contributed by atoms with van der Waals surface area (Å²) in [6, 6.07) is 8.38. The molecule has 6 heteroatoms. The molecule has 0 saturated heterocycles. The normalized spacial score (nSPS) is 12.3. The number of aromatic nitrogens is 1. The quantitative estimate of drug-likeness (QED) is 0.648. The highest BCUT2D eigenvalue weighted by atomic mass is 16.6. The topological polar surface area (TPSA) is 81.2 Å². The van der Waals surface area contributed by atoms with Crippen LogP contribution >= 0.6 is 0 Å². The van der Waals surface area contributed by atoms with E-state index in [4.69, 9.17) is 4.52 Å². The lowest BCUT2D eigenvalue weighted by Crippen LogP contribution is -2.18. The molecule has 0 saturated carbocycles. The van der Waals surface area contributed by atoms with Crippen molar-refractivity contribution in [3.05, 3.63) is 58.0 Å². The summed E-state index contributed by atoms with van der Waals surface area (Å²) in [4.78, 5) is 10.1. The zero-order valence-electron chi connectivity index (χ0n) is 9.87. The molecular weight excluding hydrogens is 234 g/mol. The van der Waals surface area contributed by atoms with Crippen molar-refractivity contribution in [2.45, 2.75) is 19.5 Å². The van der Waals surface area contributed by atoms with Crippen LogP contribution in [0.1, 0.15) is 24.2 Å². The van der Waals surface area contributed by atoms with E-state index in [2.05, 4.69) is 10.5 Å². The van der Waals surface area contributed by atoms with Gasteiger partial charge in [-0.05, 0) is 12.5 Å². The van der Waals surface area contributed by atoms with Crippen molar-refractivity contribution >= 4 is 5.69 Å². The van der Waals surface area contributed by atoms with E-state index in [9.17, 15) is 10.1 Å². The Balaban J connectivity index is 1.96. The zero-order valence-corrected chi connectivity index (χ0v) is 9.87. The predicted octanol–water partition coefficient (Wildman–Crippen LogP) is 2.43. The maximum atomic E-state index is 10.5. The highest BCUT2D eigenvalue weighted by Crippen LogP contribution is 2.17. The van der Waals surface area contributed by atoms with E-state index < -0.39 is 4.92 Å². The molecule has 1 N–H and O–H groups in total. The second-order valence-corrected chi connectivity index (χ2v) is 3.94. The number of nitro groups is 1. The first-order chi connectivity index (χ1) is 8.66. The molecule has 2 rings (SSSR count). The number of hydrogen-bond acceptors (Lipinski definition) is 5. The second-order valence-electron chi connectivity index (χ2n) is 3.94. The molecule has 18 heavy (non-hydrogen) atoms. The van der Waals surface area contributed by atoms with Gasteiger partial charge in [-0.25, -0.2) is 0 Å². The van der Waals surface area contributed by atoms with E-state index in [1.54, 1.807) is 18.2 Å². The Hall–Kier alpha value is -2.21. The number of nitrogens with one attached hydrogen (secondary N) is 1. The summed E-state index contributed by atoms with van der Waals surface area (Å²) in [5.41, 5.74) is 1.91. The highest BCUT2D eigenvalue weighted by molar-refractivity contribution is 5.34. The molecule has 6 nitrogen and oxygen atoms in total. The second kappa shape index (κ2) is 5.42. The largest absolute Gasteiger partial charge is 0.364 e. The van der Waals surface area contributed by atoms with Crippen LogP contribution in [-0.2, 0) is 6.54 Å². The molecule has 0 bridgehead atoms. The SMILES string of the molecule is CC(NCc1ccon1)c1ccc([N+](=O)[O-])cc1. The molecule has 1 unspecified atom stereocenters. The fourth-order valence-corrected chi connectivity index (χ4v) is 1.59. The minimum absolute atomic E-state index is 0.0857. The van der Waals surface area contributed by atoms with Gasteiger partial charge in [-0.1, -0.05) is 17.3 Å². The Labute approximate surface area is 104 Å². The molecule has 1 atom stereocenters. The van der Waals surface area contributed by atoms with E-state index in [0.29, 0.717) is 6.54 Å². The van der Waals surface area contributed by atoms with Gasteiger partial charge in [0.05, 0.1) is 10.6 Å². The van der Waals surface area contributed by atoms with Gasteiger partial charge in [0.25, 0.3) is 5.69 Å². The number of nitro benzene ring substituents is 1. The number of rotatable bonds is 5. The van der Waals surface area contributed by atoms with Crippen molar-refractivity contribution in [2.75, 3.05) is 0 Å². The first kappa shape index (κ1) is 12.3. The molecule has 0 aliphatic rings. The molecule has 0 radical (unpaired) electrons. The van der Waals surface area contributed by atoms with Crippen LogP contribution in [0.2, 0.25) is 0 Å². The van der Waals surface area contributed by atoms with Crippen molar-refractivity contribution in [2.24, 2.45) is 0 Å². The Morgan fingerprint density at radius 3 is 2.67 bits per heavy atom. The molecule has 0 amide bonds. The van der Waals surface area contributed by atoms with Crippen LogP contribution in [-0.4, -0.2) is 10.1 Å². The minimum atomic E-state index is -0.405. The molecule has 1 aromatic heterocycles. The Morgan fingerprint density at radius 1 is 1.39 bits per heavy atom. The number of benzene rings is 1. The molecule has 2 aromatic rings. The van der Waals surface area contributed by atoms with Crippen molar-refractivity contribution < 1.29 is 9.45 Å². The molecule has 1 heterocycles. The van der Waals surface area contributed by atoms with Gasteiger partial charge >= 0.3 is 0 Å².